The molecular weight excluding hydrogens is 577 g/mol. The van der Waals surface area contributed by atoms with Gasteiger partial charge in [-0.25, -0.2) is 27.9 Å². The maximum absolute atomic E-state index is 15.4. The first-order valence-corrected chi connectivity index (χ1v) is 13.4. The number of imidazole rings is 1. The number of hydrogen-bond donors (Lipinski definition) is 3. The number of halogens is 3. The molecule has 0 aliphatic rings. The van der Waals surface area contributed by atoms with Gasteiger partial charge in [-0.05, 0) is 54.4 Å². The van der Waals surface area contributed by atoms with E-state index in [0.717, 1.165) is 12.1 Å². The van der Waals surface area contributed by atoms with Crippen LogP contribution in [0.15, 0.2) is 66.7 Å². The zero-order chi connectivity index (χ0) is 31.4. The van der Waals surface area contributed by atoms with E-state index in [9.17, 15) is 28.9 Å². The van der Waals surface area contributed by atoms with Crippen LogP contribution in [0.3, 0.4) is 0 Å². The smallest absolute Gasteiger partial charge is 0.335 e. The number of carboxylic acids is 1. The van der Waals surface area contributed by atoms with Gasteiger partial charge >= 0.3 is 5.97 Å². The van der Waals surface area contributed by atoms with Crippen molar-refractivity contribution >= 4 is 17.0 Å². The number of aromatic carboxylic acids is 1. The number of pyridine rings is 1. The van der Waals surface area contributed by atoms with Crippen LogP contribution in [0.5, 0.6) is 5.88 Å². The highest BCUT2D eigenvalue weighted by molar-refractivity contribution is 5.92. The summed E-state index contributed by atoms with van der Waals surface area (Å²) in [5.41, 5.74) is 1.04. The van der Waals surface area contributed by atoms with Crippen LogP contribution in [0.4, 0.5) is 13.2 Å². The summed E-state index contributed by atoms with van der Waals surface area (Å²) >= 11 is 0. The normalized spacial score (nSPS) is 11.8. The molecule has 3 N–H and O–H groups in total. The Labute approximate surface area is 249 Å². The topological polar surface area (TPSA) is 141 Å². The number of aromatic nitrogens is 3. The van der Waals surface area contributed by atoms with Crippen LogP contribution in [0.25, 0.3) is 22.3 Å². The predicted molar refractivity (Wildman–Crippen MR) is 152 cm³/mol. The number of aliphatic hydroxyl groups excluding tert-OH is 2. The number of hydrogen-bond acceptors (Lipinski definition) is 7. The Morgan fingerprint density at radius 2 is 1.82 bits per heavy atom. The Kier molecular flexibility index (Phi) is 8.89. The van der Waals surface area contributed by atoms with Gasteiger partial charge in [0.2, 0.25) is 5.88 Å². The van der Waals surface area contributed by atoms with Crippen LogP contribution in [0, 0.1) is 28.8 Å². The second-order valence-electron chi connectivity index (χ2n) is 9.99. The van der Waals surface area contributed by atoms with Gasteiger partial charge in [-0.1, -0.05) is 18.2 Å². The molecule has 0 amide bonds. The molecule has 12 heteroatoms. The third kappa shape index (κ3) is 6.54. The molecule has 2 heterocycles. The molecule has 0 bridgehead atoms. The molecular formula is C32H25F3N4O5. The highest BCUT2D eigenvalue weighted by atomic mass is 19.1. The van der Waals surface area contributed by atoms with Gasteiger partial charge < -0.3 is 24.6 Å². The standard InChI is InChI=1S/C32H25F3N4O5/c33-24-11-19(15-36)4-6-20(24)17-44-30-3-1-2-27(37-30)23-7-5-18(10-25(23)34)12-29-38-31-26(35)13-21(32(42)43)14-28(31)39(29)16-22(41)8-9-40/h1-7,10-11,13-14,22,40-41H,8-9,12,16-17H2,(H,42,43)/t22-/m0/s1. The van der Waals surface area contributed by atoms with E-state index in [4.69, 9.17) is 10.00 Å². The largest absolute Gasteiger partial charge is 0.478 e. The quantitative estimate of drug-likeness (QED) is 0.192. The van der Waals surface area contributed by atoms with Crippen molar-refractivity contribution in [2.75, 3.05) is 6.61 Å². The monoisotopic (exact) mass is 602 g/mol. The zero-order valence-electron chi connectivity index (χ0n) is 23.0. The number of rotatable bonds is 11. The first-order valence-electron chi connectivity index (χ1n) is 13.4. The fourth-order valence-electron chi connectivity index (χ4n) is 4.73. The van der Waals surface area contributed by atoms with Crippen LogP contribution in [0.1, 0.15) is 39.3 Å². The summed E-state index contributed by atoms with van der Waals surface area (Å²) in [5.74, 6) is -3.01. The Hall–Kier alpha value is -5.25. The molecule has 5 aromatic rings. The number of carbonyl (C=O) groups is 1. The molecule has 1 atom stereocenters. The Bertz CT molecular complexity index is 1900. The number of ether oxygens (including phenoxy) is 1. The fraction of sp³-hybridized carbons (Fsp3) is 0.188. The molecule has 0 spiro atoms. The van der Waals surface area contributed by atoms with Gasteiger partial charge in [0.15, 0.2) is 5.82 Å². The van der Waals surface area contributed by atoms with Crippen molar-refractivity contribution in [2.24, 2.45) is 0 Å². The van der Waals surface area contributed by atoms with E-state index in [1.165, 1.54) is 34.9 Å². The summed E-state index contributed by atoms with van der Waals surface area (Å²) in [5, 5.41) is 37.9. The average Bonchev–Trinajstić information content (AvgIpc) is 3.33. The van der Waals surface area contributed by atoms with Gasteiger partial charge in [-0.3, -0.25) is 0 Å². The van der Waals surface area contributed by atoms with E-state index in [1.807, 2.05) is 6.07 Å². The number of nitriles is 1. The van der Waals surface area contributed by atoms with Gasteiger partial charge in [-0.2, -0.15) is 5.26 Å². The van der Waals surface area contributed by atoms with Crippen molar-refractivity contribution in [3.63, 3.8) is 0 Å². The van der Waals surface area contributed by atoms with Gasteiger partial charge in [-0.15, -0.1) is 0 Å². The van der Waals surface area contributed by atoms with E-state index in [0.29, 0.717) is 5.56 Å². The SMILES string of the molecule is N#Cc1ccc(COc2cccc(-c3ccc(Cc4nc5c(F)cc(C(=O)O)cc5n4C[C@@H](O)CCO)cc3F)n2)c(F)c1. The number of fused-ring (bicyclic) bond motifs is 1. The van der Waals surface area contributed by atoms with E-state index >= 15 is 4.39 Å². The summed E-state index contributed by atoms with van der Waals surface area (Å²) in [6.07, 6.45) is -0.977. The lowest BCUT2D eigenvalue weighted by atomic mass is 10.1. The second kappa shape index (κ2) is 12.9. The molecule has 0 saturated carbocycles. The lowest BCUT2D eigenvalue weighted by molar-refractivity contribution is 0.0696. The van der Waals surface area contributed by atoms with Crippen LogP contribution >= 0.6 is 0 Å². The number of carboxylic acid groups (broad SMARTS) is 1. The molecule has 2 aromatic heterocycles. The van der Waals surface area contributed by atoms with Gasteiger partial charge in [0, 0.05) is 30.2 Å². The molecule has 3 aromatic carbocycles. The third-order valence-electron chi connectivity index (χ3n) is 6.94. The molecule has 224 valence electrons. The van der Waals surface area contributed by atoms with E-state index in [1.54, 1.807) is 24.3 Å². The lowest BCUT2D eigenvalue weighted by Crippen LogP contribution is -2.19. The first kappa shape index (κ1) is 30.2. The number of nitrogens with zero attached hydrogens (tertiary/aromatic N) is 4. The minimum absolute atomic E-state index is 0.0201. The summed E-state index contributed by atoms with van der Waals surface area (Å²) in [7, 11) is 0. The first-order chi connectivity index (χ1) is 21.2. The van der Waals surface area contributed by atoms with Gasteiger partial charge in [0.1, 0.15) is 29.6 Å². The van der Waals surface area contributed by atoms with Crippen molar-refractivity contribution in [3.05, 3.63) is 112 Å². The summed E-state index contributed by atoms with van der Waals surface area (Å²) < 4.78 is 51.5. The molecule has 0 radical (unpaired) electrons. The maximum atomic E-state index is 15.4. The van der Waals surface area contributed by atoms with Crippen LogP contribution < -0.4 is 4.74 Å². The summed E-state index contributed by atoms with van der Waals surface area (Å²) in [6.45, 7) is -0.548. The van der Waals surface area contributed by atoms with Crippen LogP contribution in [-0.2, 0) is 19.6 Å². The van der Waals surface area contributed by atoms with Crippen molar-refractivity contribution in [3.8, 4) is 23.2 Å². The Morgan fingerprint density at radius 1 is 1.00 bits per heavy atom. The van der Waals surface area contributed by atoms with Crippen LogP contribution in [0.2, 0.25) is 0 Å². The third-order valence-corrected chi connectivity index (χ3v) is 6.94. The van der Waals surface area contributed by atoms with Crippen molar-refractivity contribution in [2.45, 2.75) is 32.1 Å². The Balaban J connectivity index is 1.40. The molecule has 44 heavy (non-hydrogen) atoms. The van der Waals surface area contributed by atoms with Gasteiger partial charge in [0.05, 0.1) is 41.1 Å². The van der Waals surface area contributed by atoms with E-state index in [-0.39, 0.29) is 83.3 Å². The molecule has 0 saturated heterocycles. The lowest BCUT2D eigenvalue weighted by Gasteiger charge is -2.14. The predicted octanol–water partition coefficient (Wildman–Crippen LogP) is 5.00. The number of aliphatic hydroxyl groups is 2. The van der Waals surface area contributed by atoms with Crippen molar-refractivity contribution < 1.29 is 38.0 Å². The molecule has 0 aliphatic heterocycles. The fourth-order valence-corrected chi connectivity index (χ4v) is 4.73. The average molecular weight is 603 g/mol. The van der Waals surface area contributed by atoms with E-state index in [2.05, 4.69) is 9.97 Å². The molecule has 0 unspecified atom stereocenters. The minimum Gasteiger partial charge on any atom is -0.478 e. The van der Waals surface area contributed by atoms with Gasteiger partial charge in [0.25, 0.3) is 0 Å². The van der Waals surface area contributed by atoms with E-state index < -0.39 is 29.5 Å². The van der Waals surface area contributed by atoms with Crippen LogP contribution in [-0.4, -0.2) is 48.5 Å². The molecule has 5 rings (SSSR count). The Morgan fingerprint density at radius 3 is 2.52 bits per heavy atom. The van der Waals surface area contributed by atoms with Crippen molar-refractivity contribution in [1.82, 2.24) is 14.5 Å². The summed E-state index contributed by atoms with van der Waals surface area (Å²) in [4.78, 5) is 20.2. The molecule has 0 fully saturated rings. The zero-order valence-corrected chi connectivity index (χ0v) is 23.0. The highest BCUT2D eigenvalue weighted by Crippen LogP contribution is 2.28. The minimum atomic E-state index is -1.34. The maximum Gasteiger partial charge on any atom is 0.335 e. The number of benzene rings is 3. The highest BCUT2D eigenvalue weighted by Gasteiger charge is 2.20. The second-order valence-corrected chi connectivity index (χ2v) is 9.99. The summed E-state index contributed by atoms with van der Waals surface area (Å²) in [6, 6.07) is 17.1. The van der Waals surface area contributed by atoms with Crippen molar-refractivity contribution in [1.29, 1.82) is 5.26 Å². The molecule has 0 aliphatic carbocycles. The molecule has 9 nitrogen and oxygen atoms in total.